The fraction of sp³-hybridized carbons (Fsp3) is 0.971. The van der Waals surface area contributed by atoms with Crippen molar-refractivity contribution in [1.82, 2.24) is 5.32 Å². The van der Waals surface area contributed by atoms with Gasteiger partial charge < -0.3 is 10.4 Å². The molecule has 0 aliphatic rings. The van der Waals surface area contributed by atoms with Gasteiger partial charge in [-0.05, 0) is 32.4 Å². The summed E-state index contributed by atoms with van der Waals surface area (Å²) in [5.74, 6) is -0.654. The summed E-state index contributed by atoms with van der Waals surface area (Å²) in [5.41, 5.74) is 0. The highest BCUT2D eigenvalue weighted by Gasteiger charge is 1.97. The first-order valence-electron chi connectivity index (χ1n) is 17.6. The molecule has 0 rings (SSSR count). The molecule has 0 amide bonds. The van der Waals surface area contributed by atoms with Gasteiger partial charge in [-0.2, -0.15) is 0 Å². The van der Waals surface area contributed by atoms with E-state index in [4.69, 9.17) is 5.11 Å². The monoisotopic (exact) mass is 540 g/mol. The minimum absolute atomic E-state index is 0.345. The normalized spacial score (nSPS) is 10.9. The number of carboxylic acids is 1. The van der Waals surface area contributed by atoms with Crippen LogP contribution in [-0.2, 0) is 4.79 Å². The van der Waals surface area contributed by atoms with Crippen LogP contribution in [-0.4, -0.2) is 24.2 Å². The second-order valence-electron chi connectivity index (χ2n) is 11.7. The van der Waals surface area contributed by atoms with E-state index in [9.17, 15) is 4.79 Å². The molecule has 0 radical (unpaired) electrons. The first kappa shape index (κ1) is 39.6. The third-order valence-electron chi connectivity index (χ3n) is 7.66. The Morgan fingerprint density at radius 1 is 0.395 bits per heavy atom. The number of unbranched alkanes of at least 4 members (excludes halogenated alkanes) is 25. The van der Waals surface area contributed by atoms with E-state index in [0.717, 1.165) is 12.8 Å². The summed E-state index contributed by atoms with van der Waals surface area (Å²) in [4.78, 5) is 10.3. The lowest BCUT2D eigenvalue weighted by molar-refractivity contribution is -0.137. The number of rotatable bonds is 31. The van der Waals surface area contributed by atoms with Crippen LogP contribution in [0.2, 0.25) is 0 Å². The lowest BCUT2D eigenvalue weighted by Crippen LogP contribution is -2.16. The zero-order chi connectivity index (χ0) is 28.2. The van der Waals surface area contributed by atoms with Crippen LogP contribution in [0.1, 0.15) is 207 Å². The molecule has 0 atom stereocenters. The molecular formula is C35H73NO2. The zero-order valence-corrected chi connectivity index (χ0v) is 26.8. The SMILES string of the molecule is CCCCCCCCCCCCCCCCC(=O)O.CCCCCCCCCCNCCCCCCCC. The molecule has 0 unspecified atom stereocenters. The Labute approximate surface area is 241 Å². The number of carboxylic acid groups (broad SMARTS) is 1. The van der Waals surface area contributed by atoms with Crippen molar-refractivity contribution in [2.45, 2.75) is 207 Å². The van der Waals surface area contributed by atoms with Crippen LogP contribution in [0.3, 0.4) is 0 Å². The highest BCUT2D eigenvalue weighted by atomic mass is 16.4. The number of carbonyl (C=O) groups is 1. The number of nitrogens with one attached hydrogen (secondary N) is 1. The van der Waals surface area contributed by atoms with E-state index in [0.29, 0.717) is 6.42 Å². The Morgan fingerprint density at radius 2 is 0.632 bits per heavy atom. The van der Waals surface area contributed by atoms with Crippen molar-refractivity contribution < 1.29 is 9.90 Å². The molecule has 0 heterocycles. The van der Waals surface area contributed by atoms with Gasteiger partial charge in [-0.15, -0.1) is 0 Å². The van der Waals surface area contributed by atoms with Crippen molar-refractivity contribution in [3.05, 3.63) is 0 Å². The molecule has 0 fully saturated rings. The Balaban J connectivity index is 0. The molecule has 0 aromatic heterocycles. The maximum Gasteiger partial charge on any atom is 0.303 e. The van der Waals surface area contributed by atoms with E-state index >= 15 is 0 Å². The Hall–Kier alpha value is -0.570. The quantitative estimate of drug-likeness (QED) is 0.0861. The molecule has 0 aromatic rings. The summed E-state index contributed by atoms with van der Waals surface area (Å²) in [7, 11) is 0. The van der Waals surface area contributed by atoms with Crippen LogP contribution < -0.4 is 5.32 Å². The smallest absolute Gasteiger partial charge is 0.303 e. The van der Waals surface area contributed by atoms with E-state index < -0.39 is 5.97 Å². The van der Waals surface area contributed by atoms with Crippen molar-refractivity contribution in [3.8, 4) is 0 Å². The van der Waals surface area contributed by atoms with Gasteiger partial charge >= 0.3 is 5.97 Å². The van der Waals surface area contributed by atoms with Gasteiger partial charge in [-0.25, -0.2) is 0 Å². The van der Waals surface area contributed by atoms with Crippen LogP contribution in [0.4, 0.5) is 0 Å². The third kappa shape index (κ3) is 42.5. The second-order valence-corrected chi connectivity index (χ2v) is 11.7. The first-order chi connectivity index (χ1) is 18.7. The molecule has 0 spiro atoms. The van der Waals surface area contributed by atoms with E-state index in [1.54, 1.807) is 0 Å². The average Bonchev–Trinajstić information content (AvgIpc) is 2.91. The van der Waals surface area contributed by atoms with E-state index in [1.165, 1.54) is 180 Å². The minimum atomic E-state index is -0.654. The summed E-state index contributed by atoms with van der Waals surface area (Å²) in [6.45, 7) is 9.31. The van der Waals surface area contributed by atoms with Crippen LogP contribution in [0.25, 0.3) is 0 Å². The van der Waals surface area contributed by atoms with Crippen molar-refractivity contribution in [1.29, 1.82) is 0 Å². The summed E-state index contributed by atoms with van der Waals surface area (Å²) < 4.78 is 0. The maximum atomic E-state index is 10.3. The lowest BCUT2D eigenvalue weighted by Gasteiger charge is -2.05. The fourth-order valence-electron chi connectivity index (χ4n) is 5.01. The van der Waals surface area contributed by atoms with Crippen LogP contribution >= 0.6 is 0 Å². The lowest BCUT2D eigenvalue weighted by atomic mass is 10.0. The summed E-state index contributed by atoms with van der Waals surface area (Å²) >= 11 is 0. The fourth-order valence-corrected chi connectivity index (χ4v) is 5.01. The molecular weight excluding hydrogens is 466 g/mol. The Bertz CT molecular complexity index is 397. The van der Waals surface area contributed by atoms with E-state index in [2.05, 4.69) is 26.1 Å². The van der Waals surface area contributed by atoms with E-state index in [1.807, 2.05) is 0 Å². The molecule has 0 saturated heterocycles. The average molecular weight is 540 g/mol. The molecule has 0 aliphatic heterocycles. The number of aliphatic carboxylic acids is 1. The summed E-state index contributed by atoms with van der Waals surface area (Å²) in [6, 6.07) is 0. The third-order valence-corrected chi connectivity index (χ3v) is 7.66. The van der Waals surface area contributed by atoms with Crippen molar-refractivity contribution in [3.63, 3.8) is 0 Å². The molecule has 0 aliphatic carbocycles. The summed E-state index contributed by atoms with van der Waals surface area (Å²) in [5, 5.41) is 12.1. The largest absolute Gasteiger partial charge is 0.481 e. The molecule has 0 aromatic carbocycles. The number of hydrogen-bond donors (Lipinski definition) is 2. The van der Waals surface area contributed by atoms with Gasteiger partial charge in [0, 0.05) is 6.42 Å². The van der Waals surface area contributed by atoms with Crippen molar-refractivity contribution in [2.24, 2.45) is 0 Å². The standard InChI is InChI=1S/C18H39N.C17H34O2/c1-3-5-7-9-11-12-14-16-18-19-17-15-13-10-8-6-4-2;1-2-3-4-5-6-7-8-9-10-11-12-13-14-15-16-17(18)19/h19H,3-18H2,1-2H3;2-16H2,1H3,(H,18,19). The molecule has 2 N–H and O–H groups in total. The van der Waals surface area contributed by atoms with Crippen LogP contribution in [0.5, 0.6) is 0 Å². The molecule has 0 saturated carbocycles. The molecule has 38 heavy (non-hydrogen) atoms. The van der Waals surface area contributed by atoms with Gasteiger partial charge in [-0.3, -0.25) is 4.79 Å². The maximum absolute atomic E-state index is 10.3. The van der Waals surface area contributed by atoms with Crippen molar-refractivity contribution in [2.75, 3.05) is 13.1 Å². The summed E-state index contributed by atoms with van der Waals surface area (Å²) in [6.07, 6.45) is 38.6. The Kier molecular flexibility index (Phi) is 40.2. The number of hydrogen-bond acceptors (Lipinski definition) is 2. The highest BCUT2D eigenvalue weighted by molar-refractivity contribution is 5.66. The second kappa shape index (κ2) is 38.6. The molecule has 230 valence electrons. The van der Waals surface area contributed by atoms with Gasteiger partial charge in [0.1, 0.15) is 0 Å². The van der Waals surface area contributed by atoms with E-state index in [-0.39, 0.29) is 0 Å². The van der Waals surface area contributed by atoms with Gasteiger partial charge in [0.05, 0.1) is 0 Å². The predicted octanol–water partition coefficient (Wildman–Crippen LogP) is 12.0. The Morgan fingerprint density at radius 3 is 0.895 bits per heavy atom. The topological polar surface area (TPSA) is 49.3 Å². The van der Waals surface area contributed by atoms with Gasteiger partial charge in [0.15, 0.2) is 0 Å². The van der Waals surface area contributed by atoms with Crippen LogP contribution in [0, 0.1) is 0 Å². The minimum Gasteiger partial charge on any atom is -0.481 e. The van der Waals surface area contributed by atoms with Gasteiger partial charge in [-0.1, -0.05) is 181 Å². The highest BCUT2D eigenvalue weighted by Crippen LogP contribution is 2.13. The molecule has 3 nitrogen and oxygen atoms in total. The first-order valence-corrected chi connectivity index (χ1v) is 17.6. The van der Waals surface area contributed by atoms with Gasteiger partial charge in [0.25, 0.3) is 0 Å². The van der Waals surface area contributed by atoms with Gasteiger partial charge in [0.2, 0.25) is 0 Å². The predicted molar refractivity (Wildman–Crippen MR) is 171 cm³/mol. The van der Waals surface area contributed by atoms with Crippen molar-refractivity contribution >= 4 is 5.97 Å². The molecule has 0 bridgehead atoms. The van der Waals surface area contributed by atoms with Crippen LogP contribution in [0.15, 0.2) is 0 Å². The molecule has 3 heteroatoms. The zero-order valence-electron chi connectivity index (χ0n) is 26.8.